The summed E-state index contributed by atoms with van der Waals surface area (Å²) in [5, 5.41) is 62.9. The summed E-state index contributed by atoms with van der Waals surface area (Å²) in [6.45, 7) is 8.12. The molecule has 0 saturated carbocycles. The zero-order valence-corrected chi connectivity index (χ0v) is 31.2. The average molecular weight is 757 g/mol. The lowest BCUT2D eigenvalue weighted by Crippen LogP contribution is -2.42. The van der Waals surface area contributed by atoms with E-state index in [0.29, 0.717) is 29.9 Å². The number of halogens is 1. The minimum absolute atomic E-state index is 0. The van der Waals surface area contributed by atoms with Crippen LogP contribution in [-0.2, 0) is 4.74 Å². The van der Waals surface area contributed by atoms with Gasteiger partial charge < -0.3 is 46.8 Å². The van der Waals surface area contributed by atoms with Crippen molar-refractivity contribution in [3.05, 3.63) is 70.8 Å². The first-order chi connectivity index (χ1) is 25.2. The maximum Gasteiger partial charge on any atom is 0.410 e. The Morgan fingerprint density at radius 3 is 1.72 bits per heavy atom. The molecule has 2 aliphatic rings. The Balaban J connectivity index is 0.000000244. The molecule has 15 heteroatoms. The summed E-state index contributed by atoms with van der Waals surface area (Å²) in [6.07, 6.45) is 3.08. The fraction of sp³-hybridized carbons (Fsp3) is 0.359. The molecule has 6 rings (SSSR count). The predicted molar refractivity (Wildman–Crippen MR) is 206 cm³/mol. The number of aromatic hydroxyl groups is 4. The first kappa shape index (κ1) is 40.8. The summed E-state index contributed by atoms with van der Waals surface area (Å²) in [7, 11) is 0. The molecule has 2 fully saturated rings. The van der Waals surface area contributed by atoms with Gasteiger partial charge in [0.05, 0.1) is 33.6 Å². The molecule has 1 amide bonds. The molecule has 54 heavy (non-hydrogen) atoms. The Hall–Kier alpha value is -5.96. The van der Waals surface area contributed by atoms with Gasteiger partial charge in [0.2, 0.25) is 0 Å². The van der Waals surface area contributed by atoms with Gasteiger partial charge in [0.1, 0.15) is 52.4 Å². The van der Waals surface area contributed by atoms with Crippen LogP contribution in [0.15, 0.2) is 48.5 Å². The Morgan fingerprint density at radius 1 is 0.833 bits per heavy atom. The van der Waals surface area contributed by atoms with Crippen molar-refractivity contribution in [2.45, 2.75) is 63.9 Å². The summed E-state index contributed by atoms with van der Waals surface area (Å²) in [5.41, 5.74) is 14.5. The lowest BCUT2D eigenvalue weighted by Gasteiger charge is -2.34. The number of carbonyl (C=O) groups is 1. The number of pyridine rings is 2. The van der Waals surface area contributed by atoms with Crippen LogP contribution in [0, 0.1) is 22.7 Å². The molecule has 2 aliphatic heterocycles. The Morgan fingerprint density at radius 2 is 1.30 bits per heavy atom. The van der Waals surface area contributed by atoms with Gasteiger partial charge in [-0.05, 0) is 106 Å². The first-order valence-corrected chi connectivity index (χ1v) is 17.3. The van der Waals surface area contributed by atoms with E-state index in [2.05, 4.69) is 27.4 Å². The number of piperidine rings is 2. The van der Waals surface area contributed by atoms with E-state index < -0.39 is 11.7 Å². The SMILES string of the molecule is CC(C)(C)OC(=O)N1CCCC(c2cc(-c3c(O)cccc3O)nc(N)c2C#N)C1.Cl.N#Cc1c(C2CCCNC2)cc(-c2c(O)cccc2O)nc1N. The Bertz CT molecular complexity index is 2050. The molecule has 0 radical (unpaired) electrons. The number of nitriles is 2. The van der Waals surface area contributed by atoms with Gasteiger partial charge in [0.25, 0.3) is 0 Å². The van der Waals surface area contributed by atoms with Crippen LogP contribution in [0.4, 0.5) is 16.4 Å². The zero-order chi connectivity index (χ0) is 38.4. The van der Waals surface area contributed by atoms with Crippen molar-refractivity contribution in [1.82, 2.24) is 20.2 Å². The van der Waals surface area contributed by atoms with Gasteiger partial charge >= 0.3 is 6.09 Å². The number of phenols is 4. The van der Waals surface area contributed by atoms with Crippen LogP contribution in [0.25, 0.3) is 22.5 Å². The minimum Gasteiger partial charge on any atom is -0.507 e. The van der Waals surface area contributed by atoms with Crippen molar-refractivity contribution in [3.63, 3.8) is 0 Å². The molecule has 2 atom stereocenters. The molecular weight excluding hydrogens is 712 g/mol. The van der Waals surface area contributed by atoms with E-state index in [1.165, 1.54) is 30.3 Å². The highest BCUT2D eigenvalue weighted by Crippen LogP contribution is 2.41. The van der Waals surface area contributed by atoms with Gasteiger partial charge in [0.15, 0.2) is 0 Å². The maximum atomic E-state index is 12.5. The fourth-order valence-corrected chi connectivity index (χ4v) is 6.74. The molecule has 2 aromatic carbocycles. The van der Waals surface area contributed by atoms with Crippen molar-refractivity contribution in [1.29, 1.82) is 10.5 Å². The smallest absolute Gasteiger partial charge is 0.410 e. The van der Waals surface area contributed by atoms with E-state index in [9.17, 15) is 35.7 Å². The lowest BCUT2D eigenvalue weighted by atomic mass is 9.87. The highest BCUT2D eigenvalue weighted by atomic mass is 35.5. The van der Waals surface area contributed by atoms with Crippen molar-refractivity contribution < 1.29 is 30.0 Å². The number of nitrogens with two attached hydrogens (primary N) is 2. The van der Waals surface area contributed by atoms with E-state index in [1.807, 2.05) is 20.8 Å². The van der Waals surface area contributed by atoms with E-state index in [-0.39, 0.29) is 81.3 Å². The number of phenolic OH excluding ortho intramolecular Hbond substituents is 4. The summed E-state index contributed by atoms with van der Waals surface area (Å²) in [4.78, 5) is 22.6. The molecule has 2 saturated heterocycles. The molecule has 9 N–H and O–H groups in total. The van der Waals surface area contributed by atoms with Crippen molar-refractivity contribution in [2.75, 3.05) is 37.6 Å². The third kappa shape index (κ3) is 9.15. The molecule has 4 aromatic rings. The quantitative estimate of drug-likeness (QED) is 0.122. The molecule has 2 aromatic heterocycles. The van der Waals surface area contributed by atoms with Crippen molar-refractivity contribution in [3.8, 4) is 57.7 Å². The second-order valence-corrected chi connectivity index (χ2v) is 14.1. The highest BCUT2D eigenvalue weighted by molar-refractivity contribution is 5.85. The topological polar surface area (TPSA) is 248 Å². The number of aromatic nitrogens is 2. The number of nitrogen functional groups attached to an aromatic ring is 2. The second kappa shape index (κ2) is 17.2. The molecule has 4 heterocycles. The minimum atomic E-state index is -0.599. The summed E-state index contributed by atoms with van der Waals surface area (Å²) < 4.78 is 5.49. The van der Waals surface area contributed by atoms with Crippen molar-refractivity contribution >= 4 is 30.1 Å². The van der Waals surface area contributed by atoms with Gasteiger partial charge in [-0.1, -0.05) is 12.1 Å². The molecule has 2 unspecified atom stereocenters. The van der Waals surface area contributed by atoms with Crippen LogP contribution in [0.5, 0.6) is 23.0 Å². The lowest BCUT2D eigenvalue weighted by molar-refractivity contribution is 0.0198. The van der Waals surface area contributed by atoms with E-state index >= 15 is 0 Å². The second-order valence-electron chi connectivity index (χ2n) is 14.1. The number of nitrogens with zero attached hydrogens (tertiary/aromatic N) is 5. The van der Waals surface area contributed by atoms with Gasteiger partial charge in [-0.25, -0.2) is 14.8 Å². The predicted octanol–water partition coefficient (Wildman–Crippen LogP) is 6.23. The zero-order valence-electron chi connectivity index (χ0n) is 30.3. The Kier molecular flexibility index (Phi) is 13.0. The van der Waals surface area contributed by atoms with Gasteiger partial charge in [-0.2, -0.15) is 10.5 Å². The number of nitrogens with one attached hydrogen (secondary N) is 1. The third-order valence-electron chi connectivity index (χ3n) is 9.18. The maximum absolute atomic E-state index is 12.5. The number of rotatable bonds is 4. The average Bonchev–Trinajstić information content (AvgIpc) is 3.11. The third-order valence-corrected chi connectivity index (χ3v) is 9.18. The first-order valence-electron chi connectivity index (χ1n) is 17.3. The number of amides is 1. The summed E-state index contributed by atoms with van der Waals surface area (Å²) >= 11 is 0. The molecule has 14 nitrogen and oxygen atoms in total. The van der Waals surface area contributed by atoms with Crippen LogP contribution < -0.4 is 16.8 Å². The van der Waals surface area contributed by atoms with E-state index in [0.717, 1.165) is 44.3 Å². The number of hydrogen-bond donors (Lipinski definition) is 7. The number of hydrogen-bond acceptors (Lipinski definition) is 13. The fourth-order valence-electron chi connectivity index (χ4n) is 6.74. The van der Waals surface area contributed by atoms with Gasteiger partial charge in [-0.15, -0.1) is 12.4 Å². The van der Waals surface area contributed by atoms with Gasteiger partial charge in [-0.3, -0.25) is 0 Å². The number of ether oxygens (including phenoxy) is 1. The summed E-state index contributed by atoms with van der Waals surface area (Å²) in [6, 6.07) is 16.5. The summed E-state index contributed by atoms with van der Waals surface area (Å²) in [5.74, 6) is -0.291. The van der Waals surface area contributed by atoms with Crippen LogP contribution in [0.2, 0.25) is 0 Å². The largest absolute Gasteiger partial charge is 0.507 e. The molecule has 0 bridgehead atoms. The Labute approximate surface area is 320 Å². The monoisotopic (exact) mass is 756 g/mol. The normalized spacial score (nSPS) is 16.8. The number of carbonyl (C=O) groups excluding carboxylic acids is 1. The van der Waals surface area contributed by atoms with Crippen LogP contribution >= 0.6 is 12.4 Å². The van der Waals surface area contributed by atoms with Crippen LogP contribution in [-0.4, -0.2) is 73.2 Å². The standard InChI is InChI=1S/C22H26N4O4.C17H18N4O2.ClH/c1-22(2,3)30-21(29)26-9-5-6-13(12-26)14-10-16(25-20(24)15(14)11-23)19-17(27)7-4-8-18(19)28;18-8-12-11(10-3-2-6-20-9-10)7-13(21-17(12)19)16-14(22)4-1-5-15(16)23;/h4,7-8,10,13,27-28H,5-6,9,12H2,1-3H3,(H2,24,25);1,4-5,7,10,20,22-23H,2-3,6,9H2,(H2,19,21);1H. The van der Waals surface area contributed by atoms with Crippen LogP contribution in [0.1, 0.15) is 80.5 Å². The molecule has 284 valence electrons. The molecule has 0 aliphatic carbocycles. The number of likely N-dealkylation sites (tertiary alicyclic amines) is 1. The number of benzene rings is 2. The van der Waals surface area contributed by atoms with E-state index in [4.69, 9.17) is 16.2 Å². The molecule has 0 spiro atoms. The molecular formula is C39H45ClN8O6. The van der Waals surface area contributed by atoms with Crippen molar-refractivity contribution in [2.24, 2.45) is 0 Å². The van der Waals surface area contributed by atoms with E-state index in [1.54, 1.807) is 23.1 Å². The number of anilines is 2. The van der Waals surface area contributed by atoms with Gasteiger partial charge in [0, 0.05) is 25.6 Å². The highest BCUT2D eigenvalue weighted by Gasteiger charge is 2.31. The van der Waals surface area contributed by atoms with Crippen LogP contribution in [0.3, 0.4) is 0 Å².